The molecule has 0 saturated carbocycles. The standard InChI is InChI=1S/C22H31N3O3/c1-4-5-14-24(22(27)18-28-3)17-21(26)25(15-19-10-7-6-8-11-19)16-20-12-9-13-23(20)2/h6-13H,4-5,14-18H2,1-3H3. The molecule has 0 bridgehead atoms. The highest BCUT2D eigenvalue weighted by Crippen LogP contribution is 2.12. The zero-order chi connectivity index (χ0) is 20.4. The number of nitrogens with zero attached hydrogens (tertiary/aromatic N) is 3. The van der Waals surface area contributed by atoms with E-state index in [1.54, 1.807) is 4.90 Å². The Hall–Kier alpha value is -2.60. The fourth-order valence-corrected chi connectivity index (χ4v) is 3.01. The van der Waals surface area contributed by atoms with Crippen molar-refractivity contribution in [2.24, 2.45) is 7.05 Å². The molecule has 6 nitrogen and oxygen atoms in total. The lowest BCUT2D eigenvalue weighted by Crippen LogP contribution is -2.44. The average Bonchev–Trinajstić information content (AvgIpc) is 3.10. The second-order valence-electron chi connectivity index (χ2n) is 6.95. The van der Waals surface area contributed by atoms with Crippen molar-refractivity contribution < 1.29 is 14.3 Å². The quantitative estimate of drug-likeness (QED) is 0.598. The molecule has 2 rings (SSSR count). The molecule has 0 N–H and O–H groups in total. The van der Waals surface area contributed by atoms with Crippen LogP contribution in [0.3, 0.4) is 0 Å². The van der Waals surface area contributed by atoms with Crippen LogP contribution >= 0.6 is 0 Å². The van der Waals surface area contributed by atoms with E-state index in [4.69, 9.17) is 4.74 Å². The van der Waals surface area contributed by atoms with Gasteiger partial charge in [-0.15, -0.1) is 0 Å². The van der Waals surface area contributed by atoms with Crippen molar-refractivity contribution in [1.82, 2.24) is 14.4 Å². The highest BCUT2D eigenvalue weighted by atomic mass is 16.5. The molecule has 0 aliphatic rings. The van der Waals surface area contributed by atoms with Crippen molar-refractivity contribution in [2.75, 3.05) is 26.8 Å². The van der Waals surface area contributed by atoms with Crippen LogP contribution in [0.5, 0.6) is 0 Å². The number of carbonyl (C=O) groups is 2. The summed E-state index contributed by atoms with van der Waals surface area (Å²) < 4.78 is 6.99. The van der Waals surface area contributed by atoms with Crippen LogP contribution < -0.4 is 0 Å². The van der Waals surface area contributed by atoms with Gasteiger partial charge in [-0.2, -0.15) is 0 Å². The molecule has 1 aromatic heterocycles. The van der Waals surface area contributed by atoms with Crippen LogP contribution in [0.25, 0.3) is 0 Å². The van der Waals surface area contributed by atoms with Gasteiger partial charge in [-0.05, 0) is 24.1 Å². The molecule has 2 amide bonds. The van der Waals surface area contributed by atoms with Crippen molar-refractivity contribution in [3.8, 4) is 0 Å². The van der Waals surface area contributed by atoms with Gasteiger partial charge in [0.1, 0.15) is 6.61 Å². The van der Waals surface area contributed by atoms with E-state index < -0.39 is 0 Å². The number of aromatic nitrogens is 1. The second kappa shape index (κ2) is 11.3. The molecule has 0 fully saturated rings. The Kier molecular flexibility index (Phi) is 8.75. The first kappa shape index (κ1) is 21.7. The molecule has 0 aliphatic heterocycles. The first-order valence-electron chi connectivity index (χ1n) is 9.73. The molecule has 28 heavy (non-hydrogen) atoms. The smallest absolute Gasteiger partial charge is 0.249 e. The van der Waals surface area contributed by atoms with Gasteiger partial charge in [0.05, 0.1) is 13.1 Å². The molecular weight excluding hydrogens is 354 g/mol. The molecular formula is C22H31N3O3. The third-order valence-electron chi connectivity index (χ3n) is 4.70. The highest BCUT2D eigenvalue weighted by molar-refractivity contribution is 5.85. The van der Waals surface area contributed by atoms with Crippen LogP contribution in [-0.2, 0) is 34.5 Å². The van der Waals surface area contributed by atoms with Crippen molar-refractivity contribution in [2.45, 2.75) is 32.9 Å². The molecule has 0 unspecified atom stereocenters. The van der Waals surface area contributed by atoms with E-state index in [2.05, 4.69) is 6.92 Å². The van der Waals surface area contributed by atoms with E-state index in [0.29, 0.717) is 19.6 Å². The maximum absolute atomic E-state index is 13.1. The molecule has 1 aromatic carbocycles. The number of carbonyl (C=O) groups excluding carboxylic acids is 2. The number of rotatable bonds is 11. The summed E-state index contributed by atoms with van der Waals surface area (Å²) in [6, 6.07) is 13.9. The lowest BCUT2D eigenvalue weighted by Gasteiger charge is -2.28. The largest absolute Gasteiger partial charge is 0.375 e. The monoisotopic (exact) mass is 385 g/mol. The van der Waals surface area contributed by atoms with Gasteiger partial charge in [0, 0.05) is 39.1 Å². The number of amides is 2. The maximum atomic E-state index is 13.1. The number of aryl methyl sites for hydroxylation is 1. The first-order valence-corrected chi connectivity index (χ1v) is 9.73. The van der Waals surface area contributed by atoms with Crippen LogP contribution in [0.1, 0.15) is 31.0 Å². The van der Waals surface area contributed by atoms with E-state index >= 15 is 0 Å². The summed E-state index contributed by atoms with van der Waals surface area (Å²) in [4.78, 5) is 28.9. The van der Waals surface area contributed by atoms with E-state index in [-0.39, 0.29) is 25.0 Å². The number of hydrogen-bond donors (Lipinski definition) is 0. The third kappa shape index (κ3) is 6.53. The molecule has 1 heterocycles. The summed E-state index contributed by atoms with van der Waals surface area (Å²) in [5, 5.41) is 0. The van der Waals surface area contributed by atoms with Crippen molar-refractivity contribution in [3.63, 3.8) is 0 Å². The SMILES string of the molecule is CCCCN(CC(=O)N(Cc1ccccc1)Cc1cccn1C)C(=O)COC. The van der Waals surface area contributed by atoms with Crippen molar-refractivity contribution in [1.29, 1.82) is 0 Å². The fourth-order valence-electron chi connectivity index (χ4n) is 3.01. The summed E-state index contributed by atoms with van der Waals surface area (Å²) in [6.45, 7) is 3.70. The van der Waals surface area contributed by atoms with Crippen LogP contribution in [-0.4, -0.2) is 53.0 Å². The van der Waals surface area contributed by atoms with E-state index in [9.17, 15) is 9.59 Å². The Bertz CT molecular complexity index is 742. The highest BCUT2D eigenvalue weighted by Gasteiger charge is 2.22. The predicted octanol–water partition coefficient (Wildman–Crippen LogP) is 2.83. The van der Waals surface area contributed by atoms with Crippen molar-refractivity contribution >= 4 is 11.8 Å². The van der Waals surface area contributed by atoms with E-state index in [1.165, 1.54) is 7.11 Å². The summed E-state index contributed by atoms with van der Waals surface area (Å²) in [5.74, 6) is -0.214. The molecule has 0 aliphatic carbocycles. The Labute approximate surface area is 167 Å². The topological polar surface area (TPSA) is 54.8 Å². The van der Waals surface area contributed by atoms with Gasteiger partial charge in [0.2, 0.25) is 11.8 Å². The predicted molar refractivity (Wildman–Crippen MR) is 109 cm³/mol. The minimum Gasteiger partial charge on any atom is -0.375 e. The van der Waals surface area contributed by atoms with Crippen LogP contribution in [0.4, 0.5) is 0 Å². The molecule has 0 saturated heterocycles. The molecule has 0 atom stereocenters. The zero-order valence-corrected chi connectivity index (χ0v) is 17.1. The second-order valence-corrected chi connectivity index (χ2v) is 6.95. The van der Waals surface area contributed by atoms with Gasteiger partial charge < -0.3 is 19.1 Å². The molecule has 0 spiro atoms. The van der Waals surface area contributed by atoms with Crippen LogP contribution in [0, 0.1) is 0 Å². The fraction of sp³-hybridized carbons (Fsp3) is 0.455. The lowest BCUT2D eigenvalue weighted by molar-refractivity contribution is -0.143. The number of methoxy groups -OCH3 is 1. The minimum absolute atomic E-state index is 0.00646. The molecule has 2 aromatic rings. The maximum Gasteiger partial charge on any atom is 0.249 e. The van der Waals surface area contributed by atoms with Gasteiger partial charge in [-0.25, -0.2) is 0 Å². The summed E-state index contributed by atoms with van der Waals surface area (Å²) >= 11 is 0. The first-order chi connectivity index (χ1) is 13.5. The normalized spacial score (nSPS) is 10.7. The number of hydrogen-bond acceptors (Lipinski definition) is 3. The Morgan fingerprint density at radius 2 is 1.75 bits per heavy atom. The number of benzene rings is 1. The van der Waals surface area contributed by atoms with Crippen LogP contribution in [0.15, 0.2) is 48.7 Å². The third-order valence-corrected chi connectivity index (χ3v) is 4.70. The van der Waals surface area contributed by atoms with Crippen LogP contribution in [0.2, 0.25) is 0 Å². The van der Waals surface area contributed by atoms with Crippen molar-refractivity contribution in [3.05, 3.63) is 59.9 Å². The Balaban J connectivity index is 2.15. The van der Waals surface area contributed by atoms with E-state index in [0.717, 1.165) is 24.1 Å². The molecule has 6 heteroatoms. The molecule has 152 valence electrons. The number of ether oxygens (including phenoxy) is 1. The Morgan fingerprint density at radius 1 is 1.00 bits per heavy atom. The average molecular weight is 386 g/mol. The summed E-state index contributed by atoms with van der Waals surface area (Å²) in [5.41, 5.74) is 2.11. The minimum atomic E-state index is -0.150. The van der Waals surface area contributed by atoms with Gasteiger partial charge in [-0.1, -0.05) is 43.7 Å². The van der Waals surface area contributed by atoms with Gasteiger partial charge >= 0.3 is 0 Å². The zero-order valence-electron chi connectivity index (χ0n) is 17.1. The van der Waals surface area contributed by atoms with E-state index in [1.807, 2.05) is 65.2 Å². The molecule has 0 radical (unpaired) electrons. The van der Waals surface area contributed by atoms with Gasteiger partial charge in [-0.3, -0.25) is 9.59 Å². The lowest BCUT2D eigenvalue weighted by atomic mass is 10.2. The van der Waals surface area contributed by atoms with Gasteiger partial charge in [0.15, 0.2) is 0 Å². The Morgan fingerprint density at radius 3 is 2.36 bits per heavy atom. The summed E-state index contributed by atoms with van der Waals surface area (Å²) in [6.07, 6.45) is 3.79. The van der Waals surface area contributed by atoms with Gasteiger partial charge in [0.25, 0.3) is 0 Å². The number of unbranched alkanes of at least 4 members (excludes halogenated alkanes) is 1. The summed E-state index contributed by atoms with van der Waals surface area (Å²) in [7, 11) is 3.46.